The van der Waals surface area contributed by atoms with E-state index in [9.17, 15) is 35.8 Å². The fourth-order valence-corrected chi connectivity index (χ4v) is 0.298. The van der Waals surface area contributed by atoms with Gasteiger partial charge in [-0.15, -0.1) is 0 Å². The van der Waals surface area contributed by atoms with Crippen LogP contribution in [-0.4, -0.2) is 24.6 Å². The van der Waals surface area contributed by atoms with Crippen LogP contribution in [0, 0.1) is 0 Å². The summed E-state index contributed by atoms with van der Waals surface area (Å²) < 4.78 is 80.0. The van der Waals surface area contributed by atoms with Crippen LogP contribution < -0.4 is 5.11 Å². The van der Waals surface area contributed by atoms with Crippen molar-refractivity contribution in [3.8, 4) is 0 Å². The number of halogens is 7. The molecular formula is C4H2F7O-. The topological polar surface area (TPSA) is 23.1 Å². The molecule has 0 aliphatic heterocycles. The number of hydrogen-bond acceptors (Lipinski definition) is 1. The van der Waals surface area contributed by atoms with E-state index < -0.39 is 24.6 Å². The Labute approximate surface area is 61.8 Å². The molecule has 0 aromatic heterocycles. The fourth-order valence-electron chi connectivity index (χ4n) is 0.298. The average Bonchev–Trinajstić information content (AvgIpc) is 1.85. The van der Waals surface area contributed by atoms with Crippen molar-refractivity contribution >= 4 is 0 Å². The van der Waals surface area contributed by atoms with Gasteiger partial charge in [0.1, 0.15) is 0 Å². The standard InChI is InChI=1S/C4H2F7O/c5-2(6,1-12)3(7,8)4(9,10)11/h1H2/q-1. The molecule has 12 heavy (non-hydrogen) atoms. The van der Waals surface area contributed by atoms with E-state index in [-0.39, 0.29) is 0 Å². The van der Waals surface area contributed by atoms with Gasteiger partial charge in [-0.1, -0.05) is 6.61 Å². The van der Waals surface area contributed by atoms with Gasteiger partial charge in [-0.25, -0.2) is 8.78 Å². The van der Waals surface area contributed by atoms with Gasteiger partial charge in [0.15, 0.2) is 0 Å². The van der Waals surface area contributed by atoms with Gasteiger partial charge in [0.2, 0.25) is 0 Å². The highest BCUT2D eigenvalue weighted by molar-refractivity contribution is 4.89. The Balaban J connectivity index is 4.85. The number of rotatable bonds is 2. The van der Waals surface area contributed by atoms with Crippen molar-refractivity contribution in [3.63, 3.8) is 0 Å². The van der Waals surface area contributed by atoms with E-state index in [1.807, 2.05) is 0 Å². The van der Waals surface area contributed by atoms with Crippen LogP contribution in [0.4, 0.5) is 30.7 Å². The van der Waals surface area contributed by atoms with Gasteiger partial charge in [0.25, 0.3) is 0 Å². The molecule has 0 saturated carbocycles. The fraction of sp³-hybridized carbons (Fsp3) is 1.00. The quantitative estimate of drug-likeness (QED) is 0.612. The highest BCUT2D eigenvalue weighted by Gasteiger charge is 2.70. The molecule has 0 fully saturated rings. The monoisotopic (exact) mass is 199 g/mol. The highest BCUT2D eigenvalue weighted by atomic mass is 19.4. The predicted octanol–water partition coefficient (Wildman–Crippen LogP) is 1.18. The van der Waals surface area contributed by atoms with E-state index in [0.717, 1.165) is 0 Å². The molecule has 8 heteroatoms. The summed E-state index contributed by atoms with van der Waals surface area (Å²) in [5.74, 6) is -11.9. The van der Waals surface area contributed by atoms with Crippen molar-refractivity contribution in [3.05, 3.63) is 0 Å². The van der Waals surface area contributed by atoms with Gasteiger partial charge < -0.3 is 5.11 Å². The summed E-state index contributed by atoms with van der Waals surface area (Å²) in [6, 6.07) is 0. The molecule has 1 nitrogen and oxygen atoms in total. The summed E-state index contributed by atoms with van der Waals surface area (Å²) in [6.45, 7) is -2.81. The maximum atomic E-state index is 11.6. The molecule has 0 N–H and O–H groups in total. The summed E-state index contributed by atoms with van der Waals surface area (Å²) >= 11 is 0. The lowest BCUT2D eigenvalue weighted by atomic mass is 10.2. The Kier molecular flexibility index (Phi) is 2.63. The molecule has 0 aromatic rings. The van der Waals surface area contributed by atoms with E-state index >= 15 is 0 Å². The third-order valence-corrected chi connectivity index (χ3v) is 0.997. The molecular weight excluding hydrogens is 197 g/mol. The normalized spacial score (nSPS) is 15.0. The number of hydrogen-bond donors (Lipinski definition) is 0. The van der Waals surface area contributed by atoms with E-state index in [2.05, 4.69) is 0 Å². The second-order valence-electron chi connectivity index (χ2n) is 1.92. The largest absolute Gasteiger partial charge is 0.850 e. The minimum atomic E-state index is -6.40. The maximum absolute atomic E-state index is 11.6. The summed E-state index contributed by atoms with van der Waals surface area (Å²) in [5.41, 5.74) is 0. The minimum absolute atomic E-state index is 2.81. The summed E-state index contributed by atoms with van der Waals surface area (Å²) in [4.78, 5) is 0. The summed E-state index contributed by atoms with van der Waals surface area (Å²) in [7, 11) is 0. The smallest absolute Gasteiger partial charge is 0.459 e. The van der Waals surface area contributed by atoms with Crippen LogP contribution >= 0.6 is 0 Å². The van der Waals surface area contributed by atoms with E-state index in [1.165, 1.54) is 0 Å². The summed E-state index contributed by atoms with van der Waals surface area (Å²) in [5, 5.41) is 9.31. The van der Waals surface area contributed by atoms with Crippen molar-refractivity contribution in [1.82, 2.24) is 0 Å². The molecule has 0 aliphatic rings. The molecule has 0 heterocycles. The molecule has 0 amide bonds. The Bertz CT molecular complexity index is 159. The highest BCUT2D eigenvalue weighted by Crippen LogP contribution is 2.45. The second kappa shape index (κ2) is 2.75. The lowest BCUT2D eigenvalue weighted by molar-refractivity contribution is -0.452. The third-order valence-electron chi connectivity index (χ3n) is 0.997. The first kappa shape index (κ1) is 11.5. The lowest BCUT2D eigenvalue weighted by Crippen LogP contribution is -2.56. The molecule has 0 aliphatic carbocycles. The van der Waals surface area contributed by atoms with Gasteiger partial charge in [-0.05, 0) is 0 Å². The Morgan fingerprint density at radius 2 is 1.17 bits per heavy atom. The van der Waals surface area contributed by atoms with Crippen LogP contribution in [0.5, 0.6) is 0 Å². The molecule has 0 bridgehead atoms. The lowest BCUT2D eigenvalue weighted by Gasteiger charge is -2.29. The van der Waals surface area contributed by atoms with Gasteiger partial charge >= 0.3 is 18.0 Å². The SMILES string of the molecule is [O-]CC(F)(F)C(F)(F)C(F)(F)F. The van der Waals surface area contributed by atoms with Gasteiger partial charge in [-0.3, -0.25) is 0 Å². The molecule has 74 valence electrons. The Morgan fingerprint density at radius 3 is 1.25 bits per heavy atom. The Hall–Kier alpha value is -0.530. The van der Waals surface area contributed by atoms with Crippen LogP contribution in [-0.2, 0) is 0 Å². The molecule has 0 unspecified atom stereocenters. The molecule has 0 aromatic carbocycles. The van der Waals surface area contributed by atoms with Gasteiger partial charge in [0, 0.05) is 0 Å². The summed E-state index contributed by atoms with van der Waals surface area (Å²) in [6.07, 6.45) is -6.40. The first-order valence-corrected chi connectivity index (χ1v) is 2.47. The zero-order valence-electron chi connectivity index (χ0n) is 5.26. The van der Waals surface area contributed by atoms with Crippen LogP contribution in [0.3, 0.4) is 0 Å². The van der Waals surface area contributed by atoms with Gasteiger partial charge in [0.05, 0.1) is 0 Å². The van der Waals surface area contributed by atoms with Crippen molar-refractivity contribution in [2.24, 2.45) is 0 Å². The van der Waals surface area contributed by atoms with E-state index in [0.29, 0.717) is 0 Å². The van der Waals surface area contributed by atoms with E-state index in [1.54, 1.807) is 0 Å². The molecule has 0 rings (SSSR count). The van der Waals surface area contributed by atoms with Crippen LogP contribution in [0.1, 0.15) is 0 Å². The predicted molar refractivity (Wildman–Crippen MR) is 20.8 cm³/mol. The first-order chi connectivity index (χ1) is 5.06. The minimum Gasteiger partial charge on any atom is -0.850 e. The molecule has 0 saturated heterocycles. The average molecular weight is 199 g/mol. The van der Waals surface area contributed by atoms with Crippen molar-refractivity contribution in [2.45, 2.75) is 18.0 Å². The maximum Gasteiger partial charge on any atom is 0.459 e. The van der Waals surface area contributed by atoms with E-state index in [4.69, 9.17) is 0 Å². The zero-order chi connectivity index (χ0) is 10.2. The van der Waals surface area contributed by atoms with Crippen LogP contribution in [0.15, 0.2) is 0 Å². The third kappa shape index (κ3) is 1.62. The Morgan fingerprint density at radius 1 is 0.833 bits per heavy atom. The zero-order valence-corrected chi connectivity index (χ0v) is 5.26. The first-order valence-electron chi connectivity index (χ1n) is 2.47. The van der Waals surface area contributed by atoms with Gasteiger partial charge in [-0.2, -0.15) is 22.0 Å². The van der Waals surface area contributed by atoms with Crippen LogP contribution in [0.25, 0.3) is 0 Å². The second-order valence-corrected chi connectivity index (χ2v) is 1.92. The molecule has 0 radical (unpaired) electrons. The van der Waals surface area contributed by atoms with Crippen molar-refractivity contribution < 1.29 is 35.8 Å². The molecule has 0 spiro atoms. The molecule has 0 atom stereocenters. The van der Waals surface area contributed by atoms with Crippen LogP contribution in [0.2, 0.25) is 0 Å². The van der Waals surface area contributed by atoms with Crippen molar-refractivity contribution in [1.29, 1.82) is 0 Å². The van der Waals surface area contributed by atoms with Crippen molar-refractivity contribution in [2.75, 3.05) is 6.61 Å². The number of alkyl halides is 7.